The first-order valence-electron chi connectivity index (χ1n) is 6.80. The van der Waals surface area contributed by atoms with Gasteiger partial charge in [0.2, 0.25) is 5.91 Å². The lowest BCUT2D eigenvalue weighted by molar-refractivity contribution is -0.125. The van der Waals surface area contributed by atoms with Crippen LogP contribution in [0.4, 0.5) is 0 Å². The molecule has 2 aliphatic carbocycles. The summed E-state index contributed by atoms with van der Waals surface area (Å²) in [6.07, 6.45) is 3.39. The van der Waals surface area contributed by atoms with E-state index in [2.05, 4.69) is 5.32 Å². The number of nitrogens with one attached hydrogen (secondary N) is 1. The SMILES string of the molecule is NC(=S)C(NC(=O)C1CC2CC2C1)c1ccccc1. The van der Waals surface area contributed by atoms with Gasteiger partial charge in [0, 0.05) is 5.92 Å². The zero-order valence-electron chi connectivity index (χ0n) is 10.7. The predicted molar refractivity (Wildman–Crippen MR) is 78.4 cm³/mol. The Bertz CT molecular complexity index is 492. The van der Waals surface area contributed by atoms with Crippen LogP contribution in [0.2, 0.25) is 0 Å². The summed E-state index contributed by atoms with van der Waals surface area (Å²) >= 11 is 5.09. The van der Waals surface area contributed by atoms with Gasteiger partial charge in [-0.1, -0.05) is 42.5 Å². The van der Waals surface area contributed by atoms with Crippen LogP contribution in [0.1, 0.15) is 30.9 Å². The molecule has 3 unspecified atom stereocenters. The predicted octanol–water partition coefficient (Wildman–Crippen LogP) is 2.18. The summed E-state index contributed by atoms with van der Waals surface area (Å²) in [5.41, 5.74) is 6.72. The summed E-state index contributed by atoms with van der Waals surface area (Å²) < 4.78 is 0. The molecule has 100 valence electrons. The highest BCUT2D eigenvalue weighted by molar-refractivity contribution is 7.80. The highest BCUT2D eigenvalue weighted by Crippen LogP contribution is 2.54. The number of thiocarbonyl (C=S) groups is 1. The molecule has 1 aromatic rings. The van der Waals surface area contributed by atoms with E-state index < -0.39 is 0 Å². The van der Waals surface area contributed by atoms with E-state index in [1.165, 1.54) is 6.42 Å². The number of benzene rings is 1. The van der Waals surface area contributed by atoms with E-state index in [0.717, 1.165) is 30.2 Å². The zero-order chi connectivity index (χ0) is 13.4. The Labute approximate surface area is 118 Å². The lowest BCUT2D eigenvalue weighted by atomic mass is 10.0. The van der Waals surface area contributed by atoms with E-state index in [4.69, 9.17) is 18.0 Å². The van der Waals surface area contributed by atoms with Crippen molar-refractivity contribution in [2.24, 2.45) is 23.5 Å². The molecule has 1 amide bonds. The van der Waals surface area contributed by atoms with Crippen molar-refractivity contribution in [1.29, 1.82) is 0 Å². The van der Waals surface area contributed by atoms with Gasteiger partial charge in [-0.05, 0) is 36.7 Å². The van der Waals surface area contributed by atoms with Gasteiger partial charge >= 0.3 is 0 Å². The van der Waals surface area contributed by atoms with E-state index in [0.29, 0.717) is 4.99 Å². The highest BCUT2D eigenvalue weighted by atomic mass is 32.1. The van der Waals surface area contributed by atoms with Crippen LogP contribution < -0.4 is 11.1 Å². The number of hydrogen-bond acceptors (Lipinski definition) is 2. The van der Waals surface area contributed by atoms with Gasteiger partial charge in [0.15, 0.2) is 0 Å². The number of fused-ring (bicyclic) bond motifs is 1. The highest BCUT2D eigenvalue weighted by Gasteiger charge is 2.48. The Balaban J connectivity index is 1.68. The second-order valence-electron chi connectivity index (χ2n) is 5.68. The Hall–Kier alpha value is -1.42. The molecule has 3 atom stereocenters. The van der Waals surface area contributed by atoms with Gasteiger partial charge in [0.05, 0.1) is 0 Å². The molecular weight excluding hydrogens is 256 g/mol. The molecule has 19 heavy (non-hydrogen) atoms. The Morgan fingerprint density at radius 3 is 2.42 bits per heavy atom. The van der Waals surface area contributed by atoms with Crippen molar-refractivity contribution < 1.29 is 4.79 Å². The maximum absolute atomic E-state index is 12.3. The molecule has 2 aliphatic rings. The van der Waals surface area contributed by atoms with Crippen molar-refractivity contribution in [3.63, 3.8) is 0 Å². The molecule has 2 saturated carbocycles. The zero-order valence-corrected chi connectivity index (χ0v) is 11.5. The fraction of sp³-hybridized carbons (Fsp3) is 0.467. The first kappa shape index (κ1) is 12.6. The molecule has 0 saturated heterocycles. The average Bonchev–Trinajstić information content (AvgIpc) is 3.03. The summed E-state index contributed by atoms with van der Waals surface area (Å²) in [5.74, 6) is 1.87. The fourth-order valence-corrected chi connectivity index (χ4v) is 3.35. The van der Waals surface area contributed by atoms with E-state index in [1.807, 2.05) is 30.3 Å². The molecule has 3 N–H and O–H groups in total. The van der Waals surface area contributed by atoms with Crippen molar-refractivity contribution in [3.8, 4) is 0 Å². The number of amides is 1. The topological polar surface area (TPSA) is 55.1 Å². The summed E-state index contributed by atoms with van der Waals surface area (Å²) in [6.45, 7) is 0. The quantitative estimate of drug-likeness (QED) is 0.827. The van der Waals surface area contributed by atoms with Gasteiger partial charge < -0.3 is 11.1 Å². The van der Waals surface area contributed by atoms with Crippen LogP contribution in [-0.2, 0) is 4.79 Å². The van der Waals surface area contributed by atoms with Crippen LogP contribution in [0, 0.1) is 17.8 Å². The second kappa shape index (κ2) is 4.93. The van der Waals surface area contributed by atoms with E-state index in [9.17, 15) is 4.79 Å². The third-order valence-electron chi connectivity index (χ3n) is 4.32. The lowest BCUT2D eigenvalue weighted by Crippen LogP contribution is -2.39. The fourth-order valence-electron chi connectivity index (χ4n) is 3.15. The standard InChI is InChI=1S/C15H18N2OS/c16-14(19)13(9-4-2-1-3-5-9)17-15(18)12-7-10-6-11(10)8-12/h1-5,10-13H,6-8H2,(H2,16,19)(H,17,18). The summed E-state index contributed by atoms with van der Waals surface area (Å²) in [5, 5.41) is 3.01. The number of hydrogen-bond donors (Lipinski definition) is 2. The monoisotopic (exact) mass is 274 g/mol. The number of nitrogens with two attached hydrogens (primary N) is 1. The van der Waals surface area contributed by atoms with Crippen LogP contribution in [0.15, 0.2) is 30.3 Å². The first-order valence-corrected chi connectivity index (χ1v) is 7.20. The normalized spacial score (nSPS) is 29.4. The number of carbonyl (C=O) groups excluding carboxylic acids is 1. The Morgan fingerprint density at radius 2 is 1.84 bits per heavy atom. The molecule has 0 heterocycles. The maximum atomic E-state index is 12.3. The average molecular weight is 274 g/mol. The van der Waals surface area contributed by atoms with Gasteiger partial charge in [-0.25, -0.2) is 0 Å². The number of rotatable bonds is 4. The molecule has 0 aromatic heterocycles. The van der Waals surface area contributed by atoms with Gasteiger partial charge in [-0.2, -0.15) is 0 Å². The van der Waals surface area contributed by atoms with Crippen LogP contribution in [0.5, 0.6) is 0 Å². The van der Waals surface area contributed by atoms with Crippen molar-refractivity contribution in [1.82, 2.24) is 5.32 Å². The summed E-state index contributed by atoms with van der Waals surface area (Å²) in [4.78, 5) is 12.6. The molecule has 0 radical (unpaired) electrons. The molecule has 2 fully saturated rings. The van der Waals surface area contributed by atoms with Crippen LogP contribution in [0.25, 0.3) is 0 Å². The third kappa shape index (κ3) is 2.63. The minimum absolute atomic E-state index is 0.105. The smallest absolute Gasteiger partial charge is 0.223 e. The first-order chi connectivity index (χ1) is 9.15. The summed E-state index contributed by atoms with van der Waals surface area (Å²) in [7, 11) is 0. The maximum Gasteiger partial charge on any atom is 0.223 e. The third-order valence-corrected chi connectivity index (χ3v) is 4.55. The van der Waals surface area contributed by atoms with Gasteiger partial charge in [0.25, 0.3) is 0 Å². The summed E-state index contributed by atoms with van der Waals surface area (Å²) in [6, 6.07) is 9.33. The molecule has 3 nitrogen and oxygen atoms in total. The molecule has 0 bridgehead atoms. The van der Waals surface area contributed by atoms with Crippen molar-refractivity contribution in [3.05, 3.63) is 35.9 Å². The van der Waals surface area contributed by atoms with E-state index in [-0.39, 0.29) is 17.9 Å². The largest absolute Gasteiger partial charge is 0.391 e. The molecule has 3 rings (SSSR count). The minimum atomic E-state index is -0.347. The van der Waals surface area contributed by atoms with E-state index >= 15 is 0 Å². The van der Waals surface area contributed by atoms with Crippen molar-refractivity contribution >= 4 is 23.1 Å². The lowest BCUT2D eigenvalue weighted by Gasteiger charge is -2.20. The minimum Gasteiger partial charge on any atom is -0.391 e. The Morgan fingerprint density at radius 1 is 1.21 bits per heavy atom. The van der Waals surface area contributed by atoms with Crippen LogP contribution >= 0.6 is 12.2 Å². The molecule has 4 heteroatoms. The Kier molecular flexibility index (Phi) is 3.27. The molecule has 0 spiro atoms. The van der Waals surface area contributed by atoms with Crippen molar-refractivity contribution in [2.75, 3.05) is 0 Å². The van der Waals surface area contributed by atoms with Crippen molar-refractivity contribution in [2.45, 2.75) is 25.3 Å². The van der Waals surface area contributed by atoms with Crippen LogP contribution in [0.3, 0.4) is 0 Å². The molecule has 1 aromatic carbocycles. The van der Waals surface area contributed by atoms with E-state index in [1.54, 1.807) is 0 Å². The van der Waals surface area contributed by atoms with Gasteiger partial charge in [-0.3, -0.25) is 4.79 Å². The molecule has 0 aliphatic heterocycles. The van der Waals surface area contributed by atoms with Crippen LogP contribution in [-0.4, -0.2) is 10.9 Å². The second-order valence-corrected chi connectivity index (χ2v) is 6.15. The van der Waals surface area contributed by atoms with Gasteiger partial charge in [-0.15, -0.1) is 0 Å². The number of carbonyl (C=O) groups is 1. The molecular formula is C15H18N2OS. The van der Waals surface area contributed by atoms with Gasteiger partial charge in [0.1, 0.15) is 11.0 Å².